The molecule has 188 valence electrons. The van der Waals surface area contributed by atoms with Crippen molar-refractivity contribution < 1.29 is 8.42 Å². The lowest BCUT2D eigenvalue weighted by molar-refractivity contribution is 0.585. The lowest BCUT2D eigenvalue weighted by Gasteiger charge is -2.19. The van der Waals surface area contributed by atoms with Crippen molar-refractivity contribution >= 4 is 27.0 Å². The molecule has 0 unspecified atom stereocenters. The number of aromatic nitrogens is 1. The molecule has 0 bridgehead atoms. The number of rotatable bonds is 5. The van der Waals surface area contributed by atoms with Crippen LogP contribution >= 0.6 is 0 Å². The minimum atomic E-state index is -4.13. The Morgan fingerprint density at radius 1 is 0.789 bits per heavy atom. The van der Waals surface area contributed by atoms with Crippen molar-refractivity contribution in [1.29, 1.82) is 0 Å². The van der Waals surface area contributed by atoms with Crippen molar-refractivity contribution in [2.24, 2.45) is 5.92 Å². The molecule has 0 saturated carbocycles. The van der Waals surface area contributed by atoms with Gasteiger partial charge in [0.2, 0.25) is 0 Å². The Labute approximate surface area is 222 Å². The maximum absolute atomic E-state index is 14.3. The van der Waals surface area contributed by atoms with E-state index in [1.807, 2.05) is 79.7 Å². The molecule has 0 amide bonds. The van der Waals surface area contributed by atoms with E-state index >= 15 is 0 Å². The third-order valence-electron chi connectivity index (χ3n) is 7.42. The van der Waals surface area contributed by atoms with E-state index in [0.717, 1.165) is 31.6 Å². The quantitative estimate of drug-likeness (QED) is 0.265. The van der Waals surface area contributed by atoms with Crippen LogP contribution in [0.3, 0.4) is 0 Å². The maximum atomic E-state index is 14.3. The first-order chi connectivity index (χ1) is 18.4. The summed E-state index contributed by atoms with van der Waals surface area (Å²) in [4.78, 5) is 14.4. The zero-order chi connectivity index (χ0) is 26.3. The van der Waals surface area contributed by atoms with Gasteiger partial charge in [-0.1, -0.05) is 109 Å². The number of benzene rings is 4. The van der Waals surface area contributed by atoms with E-state index in [9.17, 15) is 13.2 Å². The molecule has 1 heterocycles. The van der Waals surface area contributed by atoms with E-state index < -0.39 is 15.6 Å². The number of hydrogen-bond donors (Lipinski definition) is 0. The minimum Gasteiger partial charge on any atom is -0.268 e. The normalized spacial score (nSPS) is 17.2. The Morgan fingerprint density at radius 2 is 1.42 bits per heavy atom. The van der Waals surface area contributed by atoms with E-state index in [1.165, 1.54) is 0 Å². The van der Waals surface area contributed by atoms with E-state index in [1.54, 1.807) is 36.4 Å². The zero-order valence-electron chi connectivity index (χ0n) is 21.0. The molecule has 2 atom stereocenters. The maximum Gasteiger partial charge on any atom is 0.271 e. The summed E-state index contributed by atoms with van der Waals surface area (Å²) in [7, 11) is -4.13. The fourth-order valence-electron chi connectivity index (χ4n) is 5.61. The van der Waals surface area contributed by atoms with Gasteiger partial charge in [0.1, 0.15) is 0 Å². The van der Waals surface area contributed by atoms with Gasteiger partial charge in [-0.2, -0.15) is 3.97 Å². The summed E-state index contributed by atoms with van der Waals surface area (Å²) < 4.78 is 28.9. The molecular formula is C33H27NO3S. The zero-order valence-corrected chi connectivity index (χ0v) is 21.8. The highest BCUT2D eigenvalue weighted by molar-refractivity contribution is 7.90. The van der Waals surface area contributed by atoms with Crippen LogP contribution in [0.5, 0.6) is 0 Å². The first-order valence-electron chi connectivity index (χ1n) is 12.7. The molecular weight excluding hydrogens is 490 g/mol. The molecule has 0 N–H and O–H groups in total. The topological polar surface area (TPSA) is 56.1 Å². The molecule has 6 rings (SSSR count). The number of pyridine rings is 1. The Bertz CT molecular complexity index is 1820. The molecule has 1 aromatic heterocycles. The third kappa shape index (κ3) is 4.09. The highest BCUT2D eigenvalue weighted by Gasteiger charge is 2.38. The first-order valence-corrected chi connectivity index (χ1v) is 14.2. The molecule has 5 heteroatoms. The summed E-state index contributed by atoms with van der Waals surface area (Å²) in [6.07, 6.45) is 4.91. The van der Waals surface area contributed by atoms with Gasteiger partial charge in [-0.25, -0.2) is 8.42 Å². The second kappa shape index (κ2) is 9.58. The molecule has 0 spiro atoms. The molecule has 0 aliphatic heterocycles. The van der Waals surface area contributed by atoms with Crippen LogP contribution in [-0.2, 0) is 16.4 Å². The van der Waals surface area contributed by atoms with Crippen LogP contribution < -0.4 is 5.56 Å². The number of para-hydroxylation sites is 1. The number of aryl methyl sites for hydroxylation is 1. The number of hydrogen-bond acceptors (Lipinski definition) is 3. The predicted octanol–water partition coefficient (Wildman–Crippen LogP) is 6.56. The highest BCUT2D eigenvalue weighted by atomic mass is 32.2. The lowest BCUT2D eigenvalue weighted by atomic mass is 9.85. The van der Waals surface area contributed by atoms with Gasteiger partial charge in [-0.3, -0.25) is 4.79 Å². The molecule has 38 heavy (non-hydrogen) atoms. The molecule has 1 aliphatic carbocycles. The van der Waals surface area contributed by atoms with Gasteiger partial charge in [-0.15, -0.1) is 0 Å². The van der Waals surface area contributed by atoms with Gasteiger partial charge in [0.15, 0.2) is 0 Å². The monoisotopic (exact) mass is 517 g/mol. The fraction of sp³-hybridized carbons (Fsp3) is 0.121. The van der Waals surface area contributed by atoms with Gasteiger partial charge in [0, 0.05) is 16.9 Å². The van der Waals surface area contributed by atoms with Crippen LogP contribution in [0.25, 0.3) is 17.0 Å². The fourth-order valence-corrected chi connectivity index (χ4v) is 7.04. The van der Waals surface area contributed by atoms with Gasteiger partial charge in [-0.05, 0) is 54.2 Å². The summed E-state index contributed by atoms with van der Waals surface area (Å²) in [5.74, 6) is -0.260. The van der Waals surface area contributed by atoms with E-state index in [2.05, 4.69) is 12.2 Å². The predicted molar refractivity (Wildman–Crippen MR) is 153 cm³/mol. The van der Waals surface area contributed by atoms with Gasteiger partial charge in [0.25, 0.3) is 15.6 Å². The second-order valence-corrected chi connectivity index (χ2v) is 11.6. The Morgan fingerprint density at radius 3 is 2.13 bits per heavy atom. The van der Waals surface area contributed by atoms with Crippen LogP contribution in [0.1, 0.15) is 33.7 Å². The third-order valence-corrected chi connectivity index (χ3v) is 9.13. The van der Waals surface area contributed by atoms with E-state index in [4.69, 9.17) is 0 Å². The second-order valence-electron chi connectivity index (χ2n) is 9.82. The summed E-state index contributed by atoms with van der Waals surface area (Å²) in [6, 6.07) is 34.0. The molecule has 0 radical (unpaired) electrons. The lowest BCUT2D eigenvalue weighted by Crippen LogP contribution is -2.32. The SMILES string of the molecule is Cc1ccc(S(=O)(=O)n2c(=O)c3c(c4ccccc42)C[C@@H](/C=C/c2ccccc2)[C@@H]3c2ccccc2)cc1. The number of allylic oxidation sites excluding steroid dienone is 1. The standard InChI is InChI=1S/C33H27NO3S/c1-23-16-20-27(21-17-23)38(36,37)34-30-15-9-8-14-28(30)29-22-26(19-18-24-10-4-2-5-11-24)31(32(29)33(34)35)25-12-6-3-7-13-25/h2-21,26,31H,22H2,1H3/b19-18+/t26-,31+/m1/s1. The Hall–Kier alpha value is -4.22. The van der Waals surface area contributed by atoms with Crippen LogP contribution in [0.2, 0.25) is 0 Å². The van der Waals surface area contributed by atoms with Crippen LogP contribution in [-0.4, -0.2) is 12.4 Å². The number of nitrogens with zero attached hydrogens (tertiary/aromatic N) is 1. The molecule has 5 aromatic rings. The van der Waals surface area contributed by atoms with Crippen LogP contribution in [0, 0.1) is 12.8 Å². The molecule has 4 aromatic carbocycles. The van der Waals surface area contributed by atoms with Crippen molar-refractivity contribution in [3.63, 3.8) is 0 Å². The summed E-state index contributed by atoms with van der Waals surface area (Å²) in [6.45, 7) is 1.90. The Kier molecular flexibility index (Phi) is 6.09. The Balaban J connectivity index is 1.61. The van der Waals surface area contributed by atoms with Crippen molar-refractivity contribution in [2.75, 3.05) is 0 Å². The summed E-state index contributed by atoms with van der Waals surface area (Å²) in [5, 5.41) is 0.800. The first kappa shape index (κ1) is 24.1. The minimum absolute atomic E-state index is 0.00152. The molecule has 1 aliphatic rings. The van der Waals surface area contributed by atoms with E-state index in [-0.39, 0.29) is 16.7 Å². The van der Waals surface area contributed by atoms with Crippen molar-refractivity contribution in [3.05, 3.63) is 153 Å². The van der Waals surface area contributed by atoms with Crippen molar-refractivity contribution in [1.82, 2.24) is 3.97 Å². The largest absolute Gasteiger partial charge is 0.271 e. The van der Waals surface area contributed by atoms with Crippen LogP contribution in [0.15, 0.2) is 125 Å². The summed E-state index contributed by atoms with van der Waals surface area (Å²) >= 11 is 0. The molecule has 0 fully saturated rings. The van der Waals surface area contributed by atoms with Gasteiger partial charge < -0.3 is 0 Å². The average Bonchev–Trinajstić information content (AvgIpc) is 3.33. The van der Waals surface area contributed by atoms with Crippen LogP contribution in [0.4, 0.5) is 0 Å². The summed E-state index contributed by atoms with van der Waals surface area (Å²) in [5.41, 5.74) is 4.47. The average molecular weight is 518 g/mol. The van der Waals surface area contributed by atoms with E-state index in [0.29, 0.717) is 17.5 Å². The highest BCUT2D eigenvalue weighted by Crippen LogP contribution is 2.44. The smallest absolute Gasteiger partial charge is 0.268 e. The molecule has 0 saturated heterocycles. The molecule has 4 nitrogen and oxygen atoms in total. The van der Waals surface area contributed by atoms with Crippen molar-refractivity contribution in [2.45, 2.75) is 24.2 Å². The van der Waals surface area contributed by atoms with Gasteiger partial charge in [0.05, 0.1) is 10.4 Å². The number of fused-ring (bicyclic) bond motifs is 3. The van der Waals surface area contributed by atoms with Crippen molar-refractivity contribution in [3.8, 4) is 0 Å². The van der Waals surface area contributed by atoms with Gasteiger partial charge >= 0.3 is 0 Å².